The summed E-state index contributed by atoms with van der Waals surface area (Å²) in [7, 11) is 1.68. The van der Waals surface area contributed by atoms with Gasteiger partial charge in [0.1, 0.15) is 0 Å². The van der Waals surface area contributed by atoms with Crippen molar-refractivity contribution in [3.8, 4) is 0 Å². The highest BCUT2D eigenvalue weighted by molar-refractivity contribution is 7.07. The number of ether oxygens (including phenoxy) is 1. The Morgan fingerprint density at radius 2 is 2.42 bits per heavy atom. The van der Waals surface area contributed by atoms with Gasteiger partial charge in [0, 0.05) is 12.6 Å². The Bertz CT molecular complexity index is 218. The van der Waals surface area contributed by atoms with Crippen LogP contribution in [0.4, 0.5) is 0 Å². The molecule has 0 saturated carbocycles. The highest BCUT2D eigenvalue weighted by Gasteiger charge is 2.18. The van der Waals surface area contributed by atoms with Crippen molar-refractivity contribution < 1.29 is 4.74 Å². The number of rotatable bonds is 4. The first-order chi connectivity index (χ1) is 5.64. The third-order valence-electron chi connectivity index (χ3n) is 1.66. The van der Waals surface area contributed by atoms with Crippen molar-refractivity contribution in [1.82, 2.24) is 0 Å². The van der Waals surface area contributed by atoms with Crippen LogP contribution in [0.5, 0.6) is 0 Å². The van der Waals surface area contributed by atoms with Crippen molar-refractivity contribution in [3.05, 3.63) is 22.4 Å². The summed E-state index contributed by atoms with van der Waals surface area (Å²) in [6.45, 7) is 2.61. The molecular formula is C9H15NOS. The van der Waals surface area contributed by atoms with Gasteiger partial charge < -0.3 is 10.5 Å². The summed E-state index contributed by atoms with van der Waals surface area (Å²) in [5.74, 6) is 0. The molecule has 12 heavy (non-hydrogen) atoms. The Morgan fingerprint density at radius 1 is 1.67 bits per heavy atom. The molecule has 2 nitrogen and oxygen atoms in total. The summed E-state index contributed by atoms with van der Waals surface area (Å²) in [5.41, 5.74) is 7.05. The molecule has 1 aromatic rings. The van der Waals surface area contributed by atoms with Crippen LogP contribution in [0.2, 0.25) is 0 Å². The highest BCUT2D eigenvalue weighted by atomic mass is 32.1. The molecule has 0 spiro atoms. The zero-order valence-corrected chi connectivity index (χ0v) is 8.36. The number of hydrogen-bond acceptors (Lipinski definition) is 3. The van der Waals surface area contributed by atoms with Crippen molar-refractivity contribution in [2.75, 3.05) is 13.7 Å². The van der Waals surface area contributed by atoms with Gasteiger partial charge in [0.25, 0.3) is 0 Å². The van der Waals surface area contributed by atoms with E-state index in [9.17, 15) is 0 Å². The predicted octanol–water partition coefficient (Wildman–Crippen LogP) is 1.65. The van der Waals surface area contributed by atoms with Crippen molar-refractivity contribution in [3.63, 3.8) is 0 Å². The van der Waals surface area contributed by atoms with Crippen LogP contribution < -0.4 is 5.73 Å². The molecule has 0 aromatic carbocycles. The molecule has 68 valence electrons. The normalized spacial score (nSPS) is 15.9. The van der Waals surface area contributed by atoms with Gasteiger partial charge in [-0.1, -0.05) is 0 Å². The van der Waals surface area contributed by atoms with Gasteiger partial charge >= 0.3 is 0 Å². The largest absolute Gasteiger partial charge is 0.383 e. The molecule has 1 rings (SSSR count). The monoisotopic (exact) mass is 185 g/mol. The molecule has 0 bridgehead atoms. The van der Waals surface area contributed by atoms with Gasteiger partial charge in [0.2, 0.25) is 0 Å². The third kappa shape index (κ3) is 2.93. The van der Waals surface area contributed by atoms with E-state index < -0.39 is 0 Å². The van der Waals surface area contributed by atoms with Gasteiger partial charge in [-0.05, 0) is 35.7 Å². The molecule has 0 saturated heterocycles. The maximum Gasteiger partial charge on any atom is 0.0642 e. The van der Waals surface area contributed by atoms with Gasteiger partial charge in [-0.2, -0.15) is 11.3 Å². The minimum atomic E-state index is -0.240. The fourth-order valence-corrected chi connectivity index (χ4v) is 1.91. The van der Waals surface area contributed by atoms with E-state index in [1.165, 1.54) is 5.56 Å². The first-order valence-electron chi connectivity index (χ1n) is 3.93. The molecule has 0 aliphatic carbocycles. The van der Waals surface area contributed by atoms with Crippen LogP contribution in [0.3, 0.4) is 0 Å². The molecule has 2 N–H and O–H groups in total. The second kappa shape index (κ2) is 4.03. The third-order valence-corrected chi connectivity index (χ3v) is 2.39. The molecule has 1 unspecified atom stereocenters. The maximum absolute atomic E-state index is 6.00. The Morgan fingerprint density at radius 3 is 2.92 bits per heavy atom. The van der Waals surface area contributed by atoms with Crippen molar-refractivity contribution >= 4 is 11.3 Å². The van der Waals surface area contributed by atoms with Crippen LogP contribution in [0.25, 0.3) is 0 Å². The minimum absolute atomic E-state index is 0.240. The topological polar surface area (TPSA) is 35.2 Å². The van der Waals surface area contributed by atoms with Crippen molar-refractivity contribution in [2.45, 2.75) is 18.9 Å². The van der Waals surface area contributed by atoms with Crippen LogP contribution >= 0.6 is 11.3 Å². The highest BCUT2D eigenvalue weighted by Crippen LogP contribution is 2.13. The molecule has 1 atom stereocenters. The van der Waals surface area contributed by atoms with Gasteiger partial charge in [0.05, 0.1) is 6.61 Å². The number of nitrogens with two attached hydrogens (primary N) is 1. The Balaban J connectivity index is 2.50. The van der Waals surface area contributed by atoms with E-state index in [0.29, 0.717) is 6.61 Å². The molecule has 0 amide bonds. The second-order valence-corrected chi connectivity index (χ2v) is 4.18. The average molecular weight is 185 g/mol. The summed E-state index contributed by atoms with van der Waals surface area (Å²) in [4.78, 5) is 0. The average Bonchev–Trinajstić information content (AvgIpc) is 2.38. The molecular weight excluding hydrogens is 170 g/mol. The van der Waals surface area contributed by atoms with Crippen LogP contribution in [0, 0.1) is 0 Å². The summed E-state index contributed by atoms with van der Waals surface area (Å²) in [6.07, 6.45) is 0.879. The lowest BCUT2D eigenvalue weighted by atomic mass is 9.97. The fourth-order valence-electron chi connectivity index (χ4n) is 1.24. The van der Waals surface area contributed by atoms with E-state index in [1.54, 1.807) is 18.4 Å². The van der Waals surface area contributed by atoms with Gasteiger partial charge in [0.15, 0.2) is 0 Å². The van der Waals surface area contributed by atoms with Crippen molar-refractivity contribution in [2.24, 2.45) is 5.73 Å². The first-order valence-corrected chi connectivity index (χ1v) is 4.87. The lowest BCUT2D eigenvalue weighted by Gasteiger charge is -2.22. The van der Waals surface area contributed by atoms with E-state index in [1.807, 2.05) is 6.92 Å². The SMILES string of the molecule is COCC(C)(N)Cc1ccsc1. The van der Waals surface area contributed by atoms with Crippen LogP contribution in [-0.4, -0.2) is 19.3 Å². The van der Waals surface area contributed by atoms with Gasteiger partial charge in [-0.15, -0.1) is 0 Å². The first kappa shape index (κ1) is 9.71. The predicted molar refractivity (Wildman–Crippen MR) is 52.5 cm³/mol. The maximum atomic E-state index is 6.00. The zero-order chi connectivity index (χ0) is 9.03. The van der Waals surface area contributed by atoms with E-state index in [0.717, 1.165) is 6.42 Å². The molecule has 1 heterocycles. The van der Waals surface area contributed by atoms with Crippen LogP contribution in [0.15, 0.2) is 16.8 Å². The molecule has 0 radical (unpaired) electrons. The number of thiophene rings is 1. The molecule has 1 aromatic heterocycles. The Labute approximate surface area is 77.3 Å². The fraction of sp³-hybridized carbons (Fsp3) is 0.556. The second-order valence-electron chi connectivity index (χ2n) is 3.40. The lowest BCUT2D eigenvalue weighted by Crippen LogP contribution is -2.42. The van der Waals surface area contributed by atoms with E-state index in [-0.39, 0.29) is 5.54 Å². The zero-order valence-electron chi connectivity index (χ0n) is 7.54. The lowest BCUT2D eigenvalue weighted by molar-refractivity contribution is 0.141. The van der Waals surface area contributed by atoms with E-state index in [2.05, 4.69) is 16.8 Å². The smallest absolute Gasteiger partial charge is 0.0642 e. The van der Waals surface area contributed by atoms with E-state index >= 15 is 0 Å². The molecule has 0 aliphatic heterocycles. The standard InChI is InChI=1S/C9H15NOS/c1-9(10,7-11-2)5-8-3-4-12-6-8/h3-4,6H,5,7,10H2,1-2H3. The Kier molecular flexibility index (Phi) is 3.26. The van der Waals surface area contributed by atoms with Crippen LogP contribution in [0.1, 0.15) is 12.5 Å². The number of hydrogen-bond donors (Lipinski definition) is 1. The Hall–Kier alpha value is -0.380. The molecule has 0 aliphatic rings. The summed E-state index contributed by atoms with van der Waals surface area (Å²) >= 11 is 1.70. The molecule has 0 fully saturated rings. The van der Waals surface area contributed by atoms with E-state index in [4.69, 9.17) is 10.5 Å². The summed E-state index contributed by atoms with van der Waals surface area (Å²) in [5, 5.41) is 4.19. The van der Waals surface area contributed by atoms with Gasteiger partial charge in [-0.3, -0.25) is 0 Å². The summed E-state index contributed by atoms with van der Waals surface area (Å²) in [6, 6.07) is 2.10. The quantitative estimate of drug-likeness (QED) is 0.774. The van der Waals surface area contributed by atoms with Crippen LogP contribution in [-0.2, 0) is 11.2 Å². The van der Waals surface area contributed by atoms with Crippen molar-refractivity contribution in [1.29, 1.82) is 0 Å². The van der Waals surface area contributed by atoms with Gasteiger partial charge in [-0.25, -0.2) is 0 Å². The number of methoxy groups -OCH3 is 1. The summed E-state index contributed by atoms with van der Waals surface area (Å²) < 4.78 is 5.03. The molecule has 3 heteroatoms. The minimum Gasteiger partial charge on any atom is -0.383 e.